The lowest BCUT2D eigenvalue weighted by molar-refractivity contribution is 0.322. The van der Waals surface area contributed by atoms with E-state index < -0.39 is 0 Å². The van der Waals surface area contributed by atoms with Gasteiger partial charge in [-0.1, -0.05) is 6.92 Å². The van der Waals surface area contributed by atoms with Gasteiger partial charge in [-0.3, -0.25) is 0 Å². The summed E-state index contributed by atoms with van der Waals surface area (Å²) in [6.07, 6.45) is 1.16. The van der Waals surface area contributed by atoms with E-state index in [1.807, 2.05) is 11.8 Å². The minimum atomic E-state index is 0.277. The maximum atomic E-state index is 8.57. The minimum Gasteiger partial charge on any atom is -0.396 e. The van der Waals surface area contributed by atoms with Crippen molar-refractivity contribution in [3.8, 4) is 0 Å². The van der Waals surface area contributed by atoms with Gasteiger partial charge >= 0.3 is 0 Å². The highest BCUT2D eigenvalue weighted by Gasteiger charge is 2.00. The van der Waals surface area contributed by atoms with Gasteiger partial charge in [0.25, 0.3) is 0 Å². The van der Waals surface area contributed by atoms with Crippen molar-refractivity contribution >= 4 is 23.5 Å². The van der Waals surface area contributed by atoms with Crippen molar-refractivity contribution in [2.24, 2.45) is 0 Å². The topological polar surface area (TPSA) is 40.5 Å². The van der Waals surface area contributed by atoms with Gasteiger partial charge in [0.1, 0.15) is 0 Å². The van der Waals surface area contributed by atoms with Crippen molar-refractivity contribution in [1.29, 1.82) is 0 Å². The SMILES string of the molecule is CC(CCSCCO)SCCO. The third-order valence-corrected chi connectivity index (χ3v) is 3.62. The lowest BCUT2D eigenvalue weighted by Gasteiger charge is -2.08. The predicted molar refractivity (Wildman–Crippen MR) is 58.0 cm³/mol. The van der Waals surface area contributed by atoms with Gasteiger partial charge in [-0.15, -0.1) is 0 Å². The van der Waals surface area contributed by atoms with Crippen LogP contribution in [0.2, 0.25) is 0 Å². The van der Waals surface area contributed by atoms with E-state index >= 15 is 0 Å². The Morgan fingerprint density at radius 3 is 2.33 bits per heavy atom. The highest BCUT2D eigenvalue weighted by molar-refractivity contribution is 8.00. The molecule has 0 saturated heterocycles. The third kappa shape index (κ3) is 8.71. The van der Waals surface area contributed by atoms with Gasteiger partial charge in [0, 0.05) is 16.8 Å². The molecule has 4 heteroatoms. The maximum Gasteiger partial charge on any atom is 0.0521 e. The predicted octanol–water partition coefficient (Wildman–Crippen LogP) is 1.22. The molecular formula is C8H18O2S2. The molecule has 12 heavy (non-hydrogen) atoms. The zero-order valence-electron chi connectivity index (χ0n) is 7.53. The number of rotatable bonds is 8. The summed E-state index contributed by atoms with van der Waals surface area (Å²) in [5, 5.41) is 17.7. The van der Waals surface area contributed by atoms with Gasteiger partial charge in [0.05, 0.1) is 13.2 Å². The first kappa shape index (κ1) is 12.6. The summed E-state index contributed by atoms with van der Waals surface area (Å²) in [6.45, 7) is 2.74. The van der Waals surface area contributed by atoms with Crippen LogP contribution in [0.5, 0.6) is 0 Å². The Hall–Kier alpha value is 0.620. The monoisotopic (exact) mass is 210 g/mol. The van der Waals surface area contributed by atoms with E-state index in [-0.39, 0.29) is 13.2 Å². The van der Waals surface area contributed by atoms with E-state index in [1.165, 1.54) is 0 Å². The van der Waals surface area contributed by atoms with E-state index in [4.69, 9.17) is 10.2 Å². The van der Waals surface area contributed by atoms with E-state index in [0.29, 0.717) is 5.25 Å². The molecule has 1 atom stereocenters. The standard InChI is InChI=1S/C8H18O2S2/c1-8(12-7-4-10)2-5-11-6-3-9/h8-10H,2-7H2,1H3. The first-order chi connectivity index (χ1) is 5.81. The molecule has 0 aromatic heterocycles. The van der Waals surface area contributed by atoms with Crippen LogP contribution in [0.3, 0.4) is 0 Å². The smallest absolute Gasteiger partial charge is 0.0521 e. The van der Waals surface area contributed by atoms with E-state index in [9.17, 15) is 0 Å². The van der Waals surface area contributed by atoms with Crippen molar-refractivity contribution in [3.63, 3.8) is 0 Å². The van der Waals surface area contributed by atoms with Crippen molar-refractivity contribution < 1.29 is 10.2 Å². The second-order valence-corrected chi connectivity index (χ2v) is 5.30. The largest absolute Gasteiger partial charge is 0.396 e. The lowest BCUT2D eigenvalue weighted by Crippen LogP contribution is -2.02. The number of thioether (sulfide) groups is 2. The Labute approximate surface area is 83.1 Å². The zero-order valence-corrected chi connectivity index (χ0v) is 9.16. The summed E-state index contributed by atoms with van der Waals surface area (Å²) in [6, 6.07) is 0. The Morgan fingerprint density at radius 1 is 1.08 bits per heavy atom. The summed E-state index contributed by atoms with van der Waals surface area (Å²) in [5.74, 6) is 2.80. The van der Waals surface area contributed by atoms with Gasteiger partial charge in [-0.2, -0.15) is 23.5 Å². The summed E-state index contributed by atoms with van der Waals surface area (Å²) < 4.78 is 0. The van der Waals surface area contributed by atoms with Gasteiger partial charge < -0.3 is 10.2 Å². The molecule has 0 radical (unpaired) electrons. The molecule has 0 aliphatic heterocycles. The first-order valence-corrected chi connectivity index (χ1v) is 6.42. The van der Waals surface area contributed by atoms with E-state index in [0.717, 1.165) is 23.7 Å². The molecule has 0 heterocycles. The van der Waals surface area contributed by atoms with Gasteiger partial charge in [-0.25, -0.2) is 0 Å². The molecule has 0 spiro atoms. The normalized spacial score (nSPS) is 13.2. The van der Waals surface area contributed by atoms with Crippen molar-refractivity contribution in [2.45, 2.75) is 18.6 Å². The Bertz CT molecular complexity index is 91.1. The van der Waals surface area contributed by atoms with Crippen LogP contribution in [0.25, 0.3) is 0 Å². The third-order valence-electron chi connectivity index (χ3n) is 1.40. The van der Waals surface area contributed by atoms with Crippen LogP contribution in [0.1, 0.15) is 13.3 Å². The average molecular weight is 210 g/mol. The van der Waals surface area contributed by atoms with E-state index in [1.54, 1.807) is 11.8 Å². The number of aliphatic hydroxyl groups excluding tert-OH is 2. The quantitative estimate of drug-likeness (QED) is 0.591. The van der Waals surface area contributed by atoms with Crippen LogP contribution in [0.15, 0.2) is 0 Å². The molecule has 2 nitrogen and oxygen atoms in total. The van der Waals surface area contributed by atoms with Crippen LogP contribution in [0, 0.1) is 0 Å². The fraction of sp³-hybridized carbons (Fsp3) is 1.00. The minimum absolute atomic E-state index is 0.277. The average Bonchev–Trinajstić information content (AvgIpc) is 2.09. The molecule has 0 fully saturated rings. The van der Waals surface area contributed by atoms with Gasteiger partial charge in [0.15, 0.2) is 0 Å². The van der Waals surface area contributed by atoms with Crippen LogP contribution >= 0.6 is 23.5 Å². The highest BCUT2D eigenvalue weighted by atomic mass is 32.2. The molecule has 0 aliphatic rings. The fourth-order valence-corrected chi connectivity index (χ4v) is 2.55. The summed E-state index contributed by atoms with van der Waals surface area (Å²) in [7, 11) is 0. The molecule has 0 aromatic rings. The molecule has 1 unspecified atom stereocenters. The fourth-order valence-electron chi connectivity index (χ4n) is 0.753. The molecule has 0 saturated carbocycles. The van der Waals surface area contributed by atoms with E-state index in [2.05, 4.69) is 6.92 Å². The molecule has 0 rings (SSSR count). The van der Waals surface area contributed by atoms with Crippen molar-refractivity contribution in [2.75, 3.05) is 30.5 Å². The summed E-state index contributed by atoms with van der Waals surface area (Å²) >= 11 is 3.60. The van der Waals surface area contributed by atoms with Crippen molar-refractivity contribution in [1.82, 2.24) is 0 Å². The zero-order chi connectivity index (χ0) is 9.23. The van der Waals surface area contributed by atoms with Crippen LogP contribution in [-0.2, 0) is 0 Å². The van der Waals surface area contributed by atoms with Gasteiger partial charge in [-0.05, 0) is 12.2 Å². The first-order valence-electron chi connectivity index (χ1n) is 4.22. The lowest BCUT2D eigenvalue weighted by atomic mass is 10.4. The van der Waals surface area contributed by atoms with Crippen molar-refractivity contribution in [3.05, 3.63) is 0 Å². The van der Waals surface area contributed by atoms with Crippen LogP contribution in [-0.4, -0.2) is 45.9 Å². The second kappa shape index (κ2) is 9.71. The molecule has 2 N–H and O–H groups in total. The highest BCUT2D eigenvalue weighted by Crippen LogP contribution is 2.15. The van der Waals surface area contributed by atoms with Gasteiger partial charge in [0.2, 0.25) is 0 Å². The summed E-state index contributed by atoms with van der Waals surface area (Å²) in [4.78, 5) is 0. The maximum absolute atomic E-state index is 8.57. The summed E-state index contributed by atoms with van der Waals surface area (Å²) in [5.41, 5.74) is 0. The molecule has 0 aromatic carbocycles. The molecule has 0 bridgehead atoms. The molecular weight excluding hydrogens is 192 g/mol. The second-order valence-electron chi connectivity index (χ2n) is 2.53. The number of hydrogen-bond acceptors (Lipinski definition) is 4. The Balaban J connectivity index is 3.02. The molecule has 0 aliphatic carbocycles. The number of aliphatic hydroxyl groups is 2. The Morgan fingerprint density at radius 2 is 1.75 bits per heavy atom. The number of hydrogen-bond donors (Lipinski definition) is 2. The van der Waals surface area contributed by atoms with Crippen LogP contribution < -0.4 is 0 Å². The Kier molecular flexibility index (Phi) is 10.2. The molecule has 74 valence electrons. The van der Waals surface area contributed by atoms with Crippen LogP contribution in [0.4, 0.5) is 0 Å². The molecule has 0 amide bonds.